The number of aliphatic hydroxyl groups is 2. The molecule has 1 aliphatic heterocycles. The lowest BCUT2D eigenvalue weighted by atomic mass is 9.55. The Morgan fingerprint density at radius 1 is 1.07 bits per heavy atom. The van der Waals surface area contributed by atoms with Crippen molar-refractivity contribution in [2.24, 2.45) is 22.9 Å². The first-order valence-electron chi connectivity index (χ1n) is 19.6. The Morgan fingerprint density at radius 2 is 1.80 bits per heavy atom. The number of unbranched alkanes of at least 4 members (excludes halogenated alkanes) is 2. The molecule has 5 rings (SSSR count). The third-order valence-electron chi connectivity index (χ3n) is 10.6. The van der Waals surface area contributed by atoms with E-state index >= 15 is 0 Å². The van der Waals surface area contributed by atoms with Crippen molar-refractivity contribution in [2.75, 3.05) is 33.5 Å². The molecular weight excluding hydrogens is 718 g/mol. The standard InChI is InChI=1S/C43H57N3O10/c1-7-9-24-52-41(49)45(6)38-28-36(44-56-42(3,4)5)34-25-29(15-10-12-21-47)33(18-11-13-22-48)39-35-27-32(54-31-17-14-16-30(26-31)46(50)51)19-20-37(35)55-43(38,40(34)39)53-23-8-2/h7-8,14,16-17,19-20,25-27,29,33,38-40,47-48H,1-2,9-13,15,18,21-24,28H2,3-6H3/t29-,33+,38-,39+,40+,43+/m0/s1. The maximum absolute atomic E-state index is 13.8. The number of nitrogens with zero attached hydrogens (tertiary/aromatic N) is 3. The van der Waals surface area contributed by atoms with Crippen LogP contribution >= 0.6 is 0 Å². The van der Waals surface area contributed by atoms with Gasteiger partial charge in [0.1, 0.15) is 28.9 Å². The average Bonchev–Trinajstić information content (AvgIpc) is 3.17. The Hall–Kier alpha value is -4.72. The third kappa shape index (κ3) is 9.62. The summed E-state index contributed by atoms with van der Waals surface area (Å²) < 4.78 is 26.0. The lowest BCUT2D eigenvalue weighted by Crippen LogP contribution is -2.69. The Bertz CT molecular complexity index is 1770. The Labute approximate surface area is 329 Å². The summed E-state index contributed by atoms with van der Waals surface area (Å²) in [5.41, 5.74) is 1.73. The topological polar surface area (TPSA) is 162 Å². The zero-order valence-corrected chi connectivity index (χ0v) is 33.1. The molecule has 0 unspecified atom stereocenters. The number of hydrogen-bond donors (Lipinski definition) is 2. The number of nitro benzene ring substituents is 1. The molecule has 0 radical (unpaired) electrons. The van der Waals surface area contributed by atoms with Gasteiger partial charge in [0.2, 0.25) is 5.79 Å². The molecule has 2 aromatic rings. The molecule has 6 atom stereocenters. The number of amides is 1. The molecule has 56 heavy (non-hydrogen) atoms. The number of carbonyl (C=O) groups excluding carboxylic acids is 1. The number of rotatable bonds is 19. The van der Waals surface area contributed by atoms with Gasteiger partial charge in [-0.05, 0) is 94.5 Å². The second kappa shape index (κ2) is 18.9. The highest BCUT2D eigenvalue weighted by Crippen LogP contribution is 2.62. The van der Waals surface area contributed by atoms with Crippen LogP contribution in [0.5, 0.6) is 17.2 Å². The fourth-order valence-electron chi connectivity index (χ4n) is 8.24. The van der Waals surface area contributed by atoms with Gasteiger partial charge in [0.05, 0.1) is 35.8 Å². The molecule has 304 valence electrons. The maximum Gasteiger partial charge on any atom is 0.409 e. The first kappa shape index (κ1) is 42.4. The number of nitro groups is 1. The highest BCUT2D eigenvalue weighted by atomic mass is 16.7. The van der Waals surface area contributed by atoms with Crippen molar-refractivity contribution >= 4 is 17.5 Å². The van der Waals surface area contributed by atoms with E-state index in [1.807, 2.05) is 32.9 Å². The van der Waals surface area contributed by atoms with Gasteiger partial charge in [-0.3, -0.25) is 10.1 Å². The Morgan fingerprint density at radius 3 is 2.48 bits per heavy atom. The number of fused-ring (bicyclic) bond motifs is 2. The molecular formula is C43H57N3O10. The molecule has 0 spiro atoms. The van der Waals surface area contributed by atoms with E-state index in [-0.39, 0.29) is 56.3 Å². The summed E-state index contributed by atoms with van der Waals surface area (Å²) in [5.74, 6) is -0.845. The monoisotopic (exact) mass is 775 g/mol. The Kier molecular flexibility index (Phi) is 14.4. The highest BCUT2D eigenvalue weighted by Gasteiger charge is 2.65. The SMILES string of the molecule is C=CCCOC(=O)N(C)[C@H]1CC(=NOC(C)(C)C)C2=C[C@H](CCCCO)[C@@H](CCCCO)[C@@H]3c4cc(Oc5cccc([N+](=O)[O-])c5)ccc4O[C@@]1(OCC=C)[C@H]23. The van der Waals surface area contributed by atoms with Crippen LogP contribution in [0.15, 0.2) is 84.6 Å². The maximum atomic E-state index is 13.8. The number of oxime groups is 1. The fourth-order valence-corrected chi connectivity index (χ4v) is 8.24. The molecule has 13 nitrogen and oxygen atoms in total. The van der Waals surface area contributed by atoms with Crippen molar-refractivity contribution in [1.29, 1.82) is 0 Å². The molecule has 3 aliphatic rings. The number of likely N-dealkylation sites (N-methyl/N-ethyl adjacent to an activating group) is 1. The van der Waals surface area contributed by atoms with Gasteiger partial charge < -0.3 is 38.9 Å². The Balaban J connectivity index is 1.75. The summed E-state index contributed by atoms with van der Waals surface area (Å²) in [4.78, 5) is 32.5. The van der Waals surface area contributed by atoms with E-state index in [1.54, 1.807) is 37.4 Å². The van der Waals surface area contributed by atoms with E-state index < -0.39 is 34.4 Å². The van der Waals surface area contributed by atoms with Gasteiger partial charge in [-0.25, -0.2) is 4.79 Å². The number of non-ortho nitro benzene ring substituents is 1. The minimum absolute atomic E-state index is 0.00444. The van der Waals surface area contributed by atoms with Crippen LogP contribution in [-0.2, 0) is 14.3 Å². The van der Waals surface area contributed by atoms with Gasteiger partial charge in [0.25, 0.3) is 5.69 Å². The normalized spacial score (nSPS) is 24.5. The third-order valence-corrected chi connectivity index (χ3v) is 10.6. The van der Waals surface area contributed by atoms with Crippen molar-refractivity contribution in [3.63, 3.8) is 0 Å². The number of ether oxygens (including phenoxy) is 4. The summed E-state index contributed by atoms with van der Waals surface area (Å²) in [6.07, 6.45) is 10.2. The zero-order valence-electron chi connectivity index (χ0n) is 33.1. The molecule has 1 heterocycles. The molecule has 2 N–H and O–H groups in total. The molecule has 2 aliphatic carbocycles. The van der Waals surface area contributed by atoms with E-state index in [4.69, 9.17) is 28.9 Å². The van der Waals surface area contributed by atoms with Gasteiger partial charge in [-0.2, -0.15) is 0 Å². The first-order chi connectivity index (χ1) is 26.9. The first-order valence-corrected chi connectivity index (χ1v) is 19.6. The molecule has 1 fully saturated rings. The smallest absolute Gasteiger partial charge is 0.409 e. The lowest BCUT2D eigenvalue weighted by molar-refractivity contribution is -0.384. The predicted octanol–water partition coefficient (Wildman–Crippen LogP) is 8.46. The van der Waals surface area contributed by atoms with E-state index in [0.717, 1.165) is 36.8 Å². The van der Waals surface area contributed by atoms with Crippen LogP contribution < -0.4 is 9.47 Å². The minimum Gasteiger partial charge on any atom is -0.459 e. The van der Waals surface area contributed by atoms with Crippen LogP contribution in [0.2, 0.25) is 0 Å². The summed E-state index contributed by atoms with van der Waals surface area (Å²) in [6.45, 7) is 13.9. The molecule has 1 amide bonds. The number of aliphatic hydroxyl groups excluding tert-OH is 2. The largest absolute Gasteiger partial charge is 0.459 e. The van der Waals surface area contributed by atoms with E-state index in [1.165, 1.54) is 17.0 Å². The van der Waals surface area contributed by atoms with Crippen LogP contribution in [0.25, 0.3) is 0 Å². The zero-order chi connectivity index (χ0) is 40.5. The van der Waals surface area contributed by atoms with Crippen molar-refractivity contribution in [2.45, 2.75) is 95.5 Å². The van der Waals surface area contributed by atoms with Crippen molar-refractivity contribution in [3.05, 3.63) is 95.1 Å². The summed E-state index contributed by atoms with van der Waals surface area (Å²) in [7, 11) is 1.68. The summed E-state index contributed by atoms with van der Waals surface area (Å²) in [5, 5.41) is 36.0. The van der Waals surface area contributed by atoms with Crippen LogP contribution in [-0.4, -0.2) is 82.7 Å². The van der Waals surface area contributed by atoms with Crippen LogP contribution in [0.3, 0.4) is 0 Å². The number of carbonyl (C=O) groups is 1. The van der Waals surface area contributed by atoms with Crippen molar-refractivity contribution < 1.29 is 43.7 Å². The van der Waals surface area contributed by atoms with Crippen LogP contribution in [0.4, 0.5) is 10.5 Å². The van der Waals surface area contributed by atoms with Crippen LogP contribution in [0, 0.1) is 27.9 Å². The lowest BCUT2D eigenvalue weighted by Gasteiger charge is -2.59. The molecule has 1 saturated carbocycles. The van der Waals surface area contributed by atoms with E-state index in [9.17, 15) is 25.1 Å². The number of allylic oxidation sites excluding steroid dienone is 1. The van der Waals surface area contributed by atoms with Gasteiger partial charge in [-0.1, -0.05) is 42.3 Å². The average molecular weight is 776 g/mol. The molecule has 0 aromatic heterocycles. The van der Waals surface area contributed by atoms with Gasteiger partial charge in [0, 0.05) is 44.2 Å². The second-order valence-electron chi connectivity index (χ2n) is 15.6. The summed E-state index contributed by atoms with van der Waals surface area (Å²) >= 11 is 0. The van der Waals surface area contributed by atoms with E-state index in [2.05, 4.69) is 19.2 Å². The quantitative estimate of drug-likeness (QED) is 0.0613. The highest BCUT2D eigenvalue weighted by molar-refractivity contribution is 6.03. The number of hydrogen-bond acceptors (Lipinski definition) is 11. The van der Waals surface area contributed by atoms with Gasteiger partial charge >= 0.3 is 6.09 Å². The van der Waals surface area contributed by atoms with Crippen molar-refractivity contribution in [1.82, 2.24) is 4.90 Å². The second-order valence-corrected chi connectivity index (χ2v) is 15.6. The fraction of sp³-hybridized carbons (Fsp3) is 0.535. The number of benzene rings is 2. The molecule has 2 aromatic carbocycles. The van der Waals surface area contributed by atoms with Gasteiger partial charge in [0.15, 0.2) is 0 Å². The van der Waals surface area contributed by atoms with Crippen LogP contribution in [0.1, 0.15) is 83.6 Å². The summed E-state index contributed by atoms with van der Waals surface area (Å²) in [6, 6.07) is 10.8. The molecule has 0 bridgehead atoms. The molecule has 0 saturated heterocycles. The van der Waals surface area contributed by atoms with Crippen molar-refractivity contribution in [3.8, 4) is 17.2 Å². The van der Waals surface area contributed by atoms with E-state index in [0.29, 0.717) is 42.2 Å². The molecule has 13 heteroatoms. The predicted molar refractivity (Wildman–Crippen MR) is 213 cm³/mol. The van der Waals surface area contributed by atoms with Gasteiger partial charge in [-0.15, -0.1) is 13.2 Å². The minimum atomic E-state index is -1.43.